The minimum absolute atomic E-state index is 0.0554. The molecule has 2 heterocycles. The zero-order chi connectivity index (χ0) is 19.9. The Morgan fingerprint density at radius 1 is 1.29 bits per heavy atom. The van der Waals surface area contributed by atoms with Crippen molar-refractivity contribution in [3.05, 3.63) is 52.9 Å². The van der Waals surface area contributed by atoms with E-state index in [2.05, 4.69) is 20.6 Å². The first-order chi connectivity index (χ1) is 13.3. The number of rotatable bonds is 3. The van der Waals surface area contributed by atoms with Crippen molar-refractivity contribution in [2.75, 3.05) is 18.5 Å². The number of aromatic nitrogens is 2. The number of amides is 1. The van der Waals surface area contributed by atoms with Crippen molar-refractivity contribution in [3.8, 4) is 5.75 Å². The third kappa shape index (κ3) is 3.39. The van der Waals surface area contributed by atoms with Gasteiger partial charge in [-0.3, -0.25) is 4.79 Å². The number of ether oxygens (including phenoxy) is 1. The maximum Gasteiger partial charge on any atom is 0.408 e. The predicted molar refractivity (Wildman–Crippen MR) is 96.2 cm³/mol. The van der Waals surface area contributed by atoms with E-state index >= 15 is 0 Å². The molecule has 146 valence electrons. The van der Waals surface area contributed by atoms with Crippen molar-refractivity contribution in [3.63, 3.8) is 0 Å². The second kappa shape index (κ2) is 6.81. The molecule has 1 atom stereocenters. The van der Waals surface area contributed by atoms with Crippen molar-refractivity contribution in [2.24, 2.45) is 0 Å². The molecule has 1 aromatic heterocycles. The van der Waals surface area contributed by atoms with Gasteiger partial charge in [0.25, 0.3) is 5.91 Å². The van der Waals surface area contributed by atoms with E-state index in [9.17, 15) is 18.0 Å². The lowest BCUT2D eigenvalue weighted by Crippen LogP contribution is -2.33. The fraction of sp³-hybridized carbons (Fsp3) is 0.316. The summed E-state index contributed by atoms with van der Waals surface area (Å²) in [5.74, 6) is 0.262. The Kier molecular flexibility index (Phi) is 4.44. The van der Waals surface area contributed by atoms with Crippen LogP contribution in [-0.4, -0.2) is 41.2 Å². The topological polar surface area (TPSA) is 76.1 Å². The molecular formula is C19H17F3N4O2. The monoisotopic (exact) mass is 390 g/mol. The van der Waals surface area contributed by atoms with Crippen LogP contribution < -0.4 is 15.4 Å². The van der Waals surface area contributed by atoms with Crippen molar-refractivity contribution < 1.29 is 22.7 Å². The fourth-order valence-corrected chi connectivity index (χ4v) is 3.14. The maximum atomic E-state index is 12.7. The Labute approximate surface area is 158 Å². The SMILES string of the molecule is C[C@H](Nc1ncc2c(n1)CC=C2c1ccc2c(c1)OCCNC2=O)C(F)(F)F. The standard InChI is InChI=1S/C19H17F3N4O2/c1-10(19(20,21)22)25-18-24-9-14-12(4-5-15(14)26-18)11-2-3-13-16(8-11)28-7-6-23-17(13)27/h2-4,8-10H,5-7H2,1H3,(H,23,27)(H,24,25,26)/t10-/m0/s1. The van der Waals surface area contributed by atoms with Gasteiger partial charge in [-0.05, 0) is 30.2 Å². The molecule has 4 rings (SSSR count). The van der Waals surface area contributed by atoms with Gasteiger partial charge in [-0.2, -0.15) is 13.2 Å². The van der Waals surface area contributed by atoms with Crippen LogP contribution in [0.25, 0.3) is 5.57 Å². The molecular weight excluding hydrogens is 373 g/mol. The number of nitrogens with zero attached hydrogens (tertiary/aromatic N) is 2. The molecule has 1 amide bonds. The lowest BCUT2D eigenvalue weighted by atomic mass is 10.00. The van der Waals surface area contributed by atoms with Gasteiger partial charge < -0.3 is 15.4 Å². The highest BCUT2D eigenvalue weighted by Crippen LogP contribution is 2.35. The maximum absolute atomic E-state index is 12.7. The van der Waals surface area contributed by atoms with Crippen molar-refractivity contribution in [2.45, 2.75) is 25.6 Å². The van der Waals surface area contributed by atoms with Gasteiger partial charge in [-0.1, -0.05) is 12.1 Å². The lowest BCUT2D eigenvalue weighted by molar-refractivity contribution is -0.138. The molecule has 0 spiro atoms. The molecule has 9 heteroatoms. The smallest absolute Gasteiger partial charge is 0.408 e. The largest absolute Gasteiger partial charge is 0.491 e. The number of hydrogen-bond acceptors (Lipinski definition) is 5. The third-order valence-corrected chi connectivity index (χ3v) is 4.68. The Morgan fingerprint density at radius 2 is 2.11 bits per heavy atom. The number of nitrogens with one attached hydrogen (secondary N) is 2. The minimum atomic E-state index is -4.38. The van der Waals surface area contributed by atoms with Gasteiger partial charge in [0.15, 0.2) is 0 Å². The van der Waals surface area contributed by atoms with Gasteiger partial charge in [-0.15, -0.1) is 0 Å². The zero-order valence-corrected chi connectivity index (χ0v) is 14.9. The first-order valence-electron chi connectivity index (χ1n) is 8.78. The molecule has 6 nitrogen and oxygen atoms in total. The molecule has 0 unspecified atom stereocenters. The van der Waals surface area contributed by atoms with E-state index in [0.29, 0.717) is 36.6 Å². The molecule has 0 fully saturated rings. The number of fused-ring (bicyclic) bond motifs is 2. The van der Waals surface area contributed by atoms with Crippen LogP contribution in [0, 0.1) is 0 Å². The summed E-state index contributed by atoms with van der Waals surface area (Å²) in [5, 5.41) is 5.04. The summed E-state index contributed by atoms with van der Waals surface area (Å²) < 4.78 is 43.8. The predicted octanol–water partition coefficient (Wildman–Crippen LogP) is 2.95. The summed E-state index contributed by atoms with van der Waals surface area (Å²) in [5.41, 5.74) is 3.57. The number of hydrogen-bond donors (Lipinski definition) is 2. The van der Waals surface area contributed by atoms with Crippen LogP contribution in [0.15, 0.2) is 30.5 Å². The number of carbonyl (C=O) groups is 1. The molecule has 28 heavy (non-hydrogen) atoms. The molecule has 1 aliphatic carbocycles. The fourth-order valence-electron chi connectivity index (χ4n) is 3.14. The lowest BCUT2D eigenvalue weighted by Gasteiger charge is -2.17. The van der Waals surface area contributed by atoms with Crippen LogP contribution in [0.2, 0.25) is 0 Å². The summed E-state index contributed by atoms with van der Waals surface area (Å²) in [4.78, 5) is 20.3. The first kappa shape index (κ1) is 18.3. The highest BCUT2D eigenvalue weighted by atomic mass is 19.4. The Balaban J connectivity index is 1.60. The molecule has 0 radical (unpaired) electrons. The van der Waals surface area contributed by atoms with Crippen LogP contribution in [-0.2, 0) is 6.42 Å². The van der Waals surface area contributed by atoms with Crippen molar-refractivity contribution in [1.82, 2.24) is 15.3 Å². The second-order valence-electron chi connectivity index (χ2n) is 6.60. The van der Waals surface area contributed by atoms with Gasteiger partial charge in [0.2, 0.25) is 5.95 Å². The van der Waals surface area contributed by atoms with Gasteiger partial charge >= 0.3 is 6.18 Å². The highest BCUT2D eigenvalue weighted by Gasteiger charge is 2.36. The summed E-state index contributed by atoms with van der Waals surface area (Å²) in [6.07, 6.45) is -0.429. The average molecular weight is 390 g/mol. The molecule has 1 aromatic carbocycles. The number of benzene rings is 1. The summed E-state index contributed by atoms with van der Waals surface area (Å²) in [7, 11) is 0. The van der Waals surface area contributed by atoms with E-state index < -0.39 is 12.2 Å². The molecule has 0 bridgehead atoms. The van der Waals surface area contributed by atoms with E-state index in [1.165, 1.54) is 6.20 Å². The third-order valence-electron chi connectivity index (χ3n) is 4.68. The number of carbonyl (C=O) groups excluding carboxylic acids is 1. The van der Waals surface area contributed by atoms with Crippen LogP contribution in [0.1, 0.15) is 34.1 Å². The van der Waals surface area contributed by atoms with Crippen molar-refractivity contribution in [1.29, 1.82) is 0 Å². The number of anilines is 1. The zero-order valence-electron chi connectivity index (χ0n) is 14.9. The van der Waals surface area contributed by atoms with E-state index in [4.69, 9.17) is 4.74 Å². The molecule has 1 aliphatic heterocycles. The number of halogens is 3. The van der Waals surface area contributed by atoms with E-state index in [0.717, 1.165) is 23.6 Å². The Morgan fingerprint density at radius 3 is 2.89 bits per heavy atom. The van der Waals surface area contributed by atoms with Crippen LogP contribution in [0.4, 0.5) is 19.1 Å². The number of alkyl halides is 3. The molecule has 2 N–H and O–H groups in total. The second-order valence-corrected chi connectivity index (χ2v) is 6.60. The summed E-state index contributed by atoms with van der Waals surface area (Å²) in [6, 6.07) is 3.56. The molecule has 0 saturated heterocycles. The molecule has 0 saturated carbocycles. The normalized spacial score (nSPS) is 16.9. The van der Waals surface area contributed by atoms with E-state index in [1.54, 1.807) is 12.1 Å². The highest BCUT2D eigenvalue weighted by molar-refractivity contribution is 5.98. The first-order valence-corrected chi connectivity index (χ1v) is 8.78. The Bertz CT molecular complexity index is 972. The molecule has 2 aromatic rings. The molecule has 2 aliphatic rings. The van der Waals surface area contributed by atoms with E-state index in [-0.39, 0.29) is 11.9 Å². The van der Waals surface area contributed by atoms with Crippen LogP contribution >= 0.6 is 0 Å². The number of allylic oxidation sites excluding steroid dienone is 1. The van der Waals surface area contributed by atoms with E-state index in [1.807, 2.05) is 12.1 Å². The quantitative estimate of drug-likeness (QED) is 0.843. The van der Waals surface area contributed by atoms with Gasteiger partial charge in [-0.25, -0.2) is 9.97 Å². The van der Waals surface area contributed by atoms with Gasteiger partial charge in [0.1, 0.15) is 18.4 Å². The van der Waals surface area contributed by atoms with Crippen LogP contribution in [0.3, 0.4) is 0 Å². The minimum Gasteiger partial charge on any atom is -0.491 e. The van der Waals surface area contributed by atoms with Crippen molar-refractivity contribution >= 4 is 17.4 Å². The average Bonchev–Trinajstić information content (AvgIpc) is 2.98. The van der Waals surface area contributed by atoms with Crippen LogP contribution in [0.5, 0.6) is 5.75 Å². The summed E-state index contributed by atoms with van der Waals surface area (Å²) in [6.45, 7) is 1.84. The van der Waals surface area contributed by atoms with Gasteiger partial charge in [0, 0.05) is 18.2 Å². The Hall–Kier alpha value is -3.10. The summed E-state index contributed by atoms with van der Waals surface area (Å²) >= 11 is 0. The van der Waals surface area contributed by atoms with Gasteiger partial charge in [0.05, 0.1) is 17.8 Å².